The standard InChI is InChI=1S/C17H24O2/c1-2-19-14-6-8-5-11(14)17-12-7-10(15(8)17)9-3-4-13(18)16(9)12/h2,8-18H,1,3-7H2. The lowest BCUT2D eigenvalue weighted by Crippen LogP contribution is -2.42. The first-order valence-electron chi connectivity index (χ1n) is 8.24. The maximum absolute atomic E-state index is 10.3. The van der Waals surface area contributed by atoms with Gasteiger partial charge in [0.1, 0.15) is 6.10 Å². The first-order valence-corrected chi connectivity index (χ1v) is 8.24. The van der Waals surface area contributed by atoms with Crippen LogP contribution < -0.4 is 0 Å². The number of ether oxygens (including phenoxy) is 1. The molecule has 104 valence electrons. The summed E-state index contributed by atoms with van der Waals surface area (Å²) in [5, 5.41) is 10.3. The van der Waals surface area contributed by atoms with Crippen LogP contribution in [0.3, 0.4) is 0 Å². The fourth-order valence-corrected chi connectivity index (χ4v) is 7.55. The topological polar surface area (TPSA) is 29.5 Å². The van der Waals surface area contributed by atoms with Crippen LogP contribution in [0.25, 0.3) is 0 Å². The second-order valence-electron chi connectivity index (χ2n) is 7.84. The monoisotopic (exact) mass is 260 g/mol. The van der Waals surface area contributed by atoms with Gasteiger partial charge in [-0.15, -0.1) is 0 Å². The van der Waals surface area contributed by atoms with E-state index in [1.807, 2.05) is 0 Å². The Kier molecular flexibility index (Phi) is 2.11. The molecule has 0 aromatic rings. The van der Waals surface area contributed by atoms with Crippen LogP contribution in [0.15, 0.2) is 12.8 Å². The van der Waals surface area contributed by atoms with Gasteiger partial charge < -0.3 is 9.84 Å². The molecule has 5 aliphatic rings. The highest BCUT2D eigenvalue weighted by Crippen LogP contribution is 2.72. The van der Waals surface area contributed by atoms with Crippen molar-refractivity contribution >= 4 is 0 Å². The number of rotatable bonds is 2. The van der Waals surface area contributed by atoms with Gasteiger partial charge in [0.25, 0.3) is 0 Å². The van der Waals surface area contributed by atoms with Crippen LogP contribution in [0, 0.1) is 47.3 Å². The molecule has 5 fully saturated rings. The third-order valence-corrected chi connectivity index (χ3v) is 7.65. The Morgan fingerprint density at radius 2 is 1.79 bits per heavy atom. The predicted molar refractivity (Wildman–Crippen MR) is 72.1 cm³/mol. The van der Waals surface area contributed by atoms with E-state index in [9.17, 15) is 5.11 Å². The molecule has 1 N–H and O–H groups in total. The molecule has 0 saturated heterocycles. The van der Waals surface area contributed by atoms with Gasteiger partial charge in [-0.25, -0.2) is 0 Å². The minimum Gasteiger partial charge on any atom is -0.498 e. The normalized spacial score (nSPS) is 64.3. The van der Waals surface area contributed by atoms with E-state index in [2.05, 4.69) is 6.58 Å². The fraction of sp³-hybridized carbons (Fsp3) is 0.882. The van der Waals surface area contributed by atoms with E-state index in [0.717, 1.165) is 47.8 Å². The van der Waals surface area contributed by atoms with Crippen LogP contribution in [-0.2, 0) is 4.74 Å². The van der Waals surface area contributed by atoms with Gasteiger partial charge in [0, 0.05) is 0 Å². The second-order valence-corrected chi connectivity index (χ2v) is 7.84. The Morgan fingerprint density at radius 3 is 2.63 bits per heavy atom. The highest BCUT2D eigenvalue weighted by atomic mass is 16.5. The highest BCUT2D eigenvalue weighted by molar-refractivity contribution is 5.17. The van der Waals surface area contributed by atoms with E-state index in [-0.39, 0.29) is 6.10 Å². The molecule has 2 nitrogen and oxygen atoms in total. The molecule has 19 heavy (non-hydrogen) atoms. The van der Waals surface area contributed by atoms with E-state index in [4.69, 9.17) is 4.74 Å². The third-order valence-electron chi connectivity index (χ3n) is 7.65. The van der Waals surface area contributed by atoms with Gasteiger partial charge >= 0.3 is 0 Å². The SMILES string of the molecule is C=COC1CC2CC1C1C3CC(C4CCC(O)C43)C21. The number of hydrogen-bond acceptors (Lipinski definition) is 2. The van der Waals surface area contributed by atoms with E-state index < -0.39 is 0 Å². The Hall–Kier alpha value is -0.500. The van der Waals surface area contributed by atoms with Crippen LogP contribution in [0.1, 0.15) is 32.1 Å². The Balaban J connectivity index is 1.48. The van der Waals surface area contributed by atoms with Crippen LogP contribution >= 0.6 is 0 Å². The molecular weight excluding hydrogens is 236 g/mol. The van der Waals surface area contributed by atoms with Crippen molar-refractivity contribution < 1.29 is 9.84 Å². The zero-order valence-electron chi connectivity index (χ0n) is 11.4. The van der Waals surface area contributed by atoms with Crippen molar-refractivity contribution in [3.8, 4) is 0 Å². The van der Waals surface area contributed by atoms with Crippen LogP contribution in [0.5, 0.6) is 0 Å². The molecule has 0 aliphatic heterocycles. The Morgan fingerprint density at radius 1 is 0.895 bits per heavy atom. The van der Waals surface area contributed by atoms with Crippen molar-refractivity contribution in [2.24, 2.45) is 47.3 Å². The summed E-state index contributed by atoms with van der Waals surface area (Å²) >= 11 is 0. The quantitative estimate of drug-likeness (QED) is 0.611. The molecule has 10 unspecified atom stereocenters. The summed E-state index contributed by atoms with van der Waals surface area (Å²) in [6, 6.07) is 0. The summed E-state index contributed by atoms with van der Waals surface area (Å²) in [4.78, 5) is 0. The molecule has 0 aromatic heterocycles. The predicted octanol–water partition coefficient (Wildman–Crippen LogP) is 2.82. The first-order chi connectivity index (χ1) is 9.29. The van der Waals surface area contributed by atoms with E-state index in [1.54, 1.807) is 6.26 Å². The summed E-state index contributed by atoms with van der Waals surface area (Å²) in [7, 11) is 0. The van der Waals surface area contributed by atoms with Crippen molar-refractivity contribution in [2.75, 3.05) is 0 Å². The average Bonchev–Trinajstić information content (AvgIpc) is 3.11. The maximum atomic E-state index is 10.3. The molecule has 10 atom stereocenters. The summed E-state index contributed by atoms with van der Waals surface area (Å²) in [6.07, 6.45) is 8.59. The van der Waals surface area contributed by atoms with Crippen molar-refractivity contribution in [3.05, 3.63) is 12.8 Å². The zero-order chi connectivity index (χ0) is 12.7. The van der Waals surface area contributed by atoms with E-state index in [0.29, 0.717) is 12.0 Å². The highest BCUT2D eigenvalue weighted by Gasteiger charge is 2.69. The van der Waals surface area contributed by atoms with E-state index in [1.165, 1.54) is 25.7 Å². The minimum absolute atomic E-state index is 0.0128. The summed E-state index contributed by atoms with van der Waals surface area (Å²) in [5.41, 5.74) is 0. The molecule has 5 aliphatic carbocycles. The van der Waals surface area contributed by atoms with E-state index >= 15 is 0 Å². The van der Waals surface area contributed by atoms with Crippen LogP contribution in [0.2, 0.25) is 0 Å². The molecule has 0 amide bonds. The molecule has 0 spiro atoms. The van der Waals surface area contributed by atoms with Gasteiger partial charge in [0.15, 0.2) is 0 Å². The fourth-order valence-electron chi connectivity index (χ4n) is 7.55. The van der Waals surface area contributed by atoms with Gasteiger partial charge in [-0.2, -0.15) is 0 Å². The number of hydrogen-bond donors (Lipinski definition) is 1. The van der Waals surface area contributed by atoms with Crippen LogP contribution in [0.4, 0.5) is 0 Å². The molecular formula is C17H24O2. The molecule has 0 aromatic carbocycles. The van der Waals surface area contributed by atoms with Gasteiger partial charge in [-0.3, -0.25) is 0 Å². The van der Waals surface area contributed by atoms with Gasteiger partial charge in [-0.1, -0.05) is 6.58 Å². The Bertz CT molecular complexity index is 419. The van der Waals surface area contributed by atoms with Gasteiger partial charge in [0.05, 0.1) is 12.4 Å². The smallest absolute Gasteiger partial charge is 0.101 e. The lowest BCUT2D eigenvalue weighted by atomic mass is 9.63. The van der Waals surface area contributed by atoms with Crippen molar-refractivity contribution in [2.45, 2.75) is 44.3 Å². The summed E-state index contributed by atoms with van der Waals surface area (Å²) < 4.78 is 5.79. The largest absolute Gasteiger partial charge is 0.498 e. The zero-order valence-corrected chi connectivity index (χ0v) is 11.4. The maximum Gasteiger partial charge on any atom is 0.101 e. The first kappa shape index (κ1) is 11.2. The minimum atomic E-state index is 0.0128. The molecule has 5 saturated carbocycles. The lowest BCUT2D eigenvalue weighted by molar-refractivity contribution is -0.0275. The average molecular weight is 260 g/mol. The third kappa shape index (κ3) is 1.19. The lowest BCUT2D eigenvalue weighted by Gasteiger charge is -2.43. The molecule has 5 rings (SSSR count). The van der Waals surface area contributed by atoms with Crippen molar-refractivity contribution in [1.82, 2.24) is 0 Å². The number of fused-ring (bicyclic) bond motifs is 12. The van der Waals surface area contributed by atoms with Crippen LogP contribution in [-0.4, -0.2) is 17.3 Å². The van der Waals surface area contributed by atoms with Gasteiger partial charge in [0.2, 0.25) is 0 Å². The number of aliphatic hydroxyl groups is 1. The second kappa shape index (κ2) is 3.58. The molecule has 4 bridgehead atoms. The van der Waals surface area contributed by atoms with Crippen molar-refractivity contribution in [1.29, 1.82) is 0 Å². The van der Waals surface area contributed by atoms with Gasteiger partial charge in [-0.05, 0) is 79.4 Å². The molecule has 0 radical (unpaired) electrons. The Labute approximate surface area is 115 Å². The number of aliphatic hydroxyl groups excluding tert-OH is 1. The van der Waals surface area contributed by atoms with Crippen molar-refractivity contribution in [3.63, 3.8) is 0 Å². The summed E-state index contributed by atoms with van der Waals surface area (Å²) in [5.74, 6) is 6.87. The summed E-state index contributed by atoms with van der Waals surface area (Å²) in [6.45, 7) is 3.74. The molecule has 2 heteroatoms. The molecule has 0 heterocycles.